The SMILES string of the molecule is O=C(C1CC1)N1CCC[C@H](C(=O)N2CC=C(c3c[nH]c4ncccc34)CC2)C1. The molecule has 6 nitrogen and oxygen atoms in total. The Morgan fingerprint density at radius 2 is 1.93 bits per heavy atom. The van der Waals surface area contributed by atoms with E-state index in [1.54, 1.807) is 6.20 Å². The number of aromatic amines is 1. The second kappa shape index (κ2) is 7.08. The minimum atomic E-state index is -0.0383. The Labute approximate surface area is 164 Å². The summed E-state index contributed by atoms with van der Waals surface area (Å²) in [6.45, 7) is 2.81. The number of piperidine rings is 1. The van der Waals surface area contributed by atoms with Crippen molar-refractivity contribution in [3.05, 3.63) is 36.2 Å². The zero-order chi connectivity index (χ0) is 19.1. The van der Waals surface area contributed by atoms with E-state index < -0.39 is 0 Å². The second-order valence-electron chi connectivity index (χ2n) is 8.26. The topological polar surface area (TPSA) is 69.3 Å². The van der Waals surface area contributed by atoms with Crippen LogP contribution >= 0.6 is 0 Å². The molecule has 2 aromatic heterocycles. The fraction of sp³-hybridized carbons (Fsp3) is 0.500. The molecule has 1 aliphatic carbocycles. The van der Waals surface area contributed by atoms with Crippen LogP contribution in [-0.4, -0.2) is 57.8 Å². The molecule has 1 saturated carbocycles. The summed E-state index contributed by atoms with van der Waals surface area (Å²) in [5, 5.41) is 1.13. The lowest BCUT2D eigenvalue weighted by atomic mass is 9.94. The normalized spacial score (nSPS) is 23.0. The van der Waals surface area contributed by atoms with Crippen LogP contribution in [0.3, 0.4) is 0 Å². The van der Waals surface area contributed by atoms with Gasteiger partial charge in [0.15, 0.2) is 0 Å². The highest BCUT2D eigenvalue weighted by Gasteiger charge is 2.37. The van der Waals surface area contributed by atoms with E-state index in [1.165, 1.54) is 11.1 Å². The van der Waals surface area contributed by atoms with Gasteiger partial charge in [0.05, 0.1) is 5.92 Å². The number of pyridine rings is 1. The van der Waals surface area contributed by atoms with Crippen molar-refractivity contribution in [1.29, 1.82) is 0 Å². The van der Waals surface area contributed by atoms with E-state index in [0.29, 0.717) is 13.1 Å². The van der Waals surface area contributed by atoms with Crippen LogP contribution < -0.4 is 0 Å². The number of carbonyl (C=O) groups is 2. The zero-order valence-electron chi connectivity index (χ0n) is 16.1. The smallest absolute Gasteiger partial charge is 0.227 e. The lowest BCUT2D eigenvalue weighted by Crippen LogP contribution is -2.48. The Bertz CT molecular complexity index is 943. The summed E-state index contributed by atoms with van der Waals surface area (Å²) in [5.74, 6) is 0.680. The average molecular weight is 378 g/mol. The predicted molar refractivity (Wildman–Crippen MR) is 107 cm³/mol. The lowest BCUT2D eigenvalue weighted by molar-refractivity contribution is -0.141. The molecule has 0 unspecified atom stereocenters. The van der Waals surface area contributed by atoms with Gasteiger partial charge in [-0.3, -0.25) is 9.59 Å². The maximum Gasteiger partial charge on any atom is 0.227 e. The summed E-state index contributed by atoms with van der Waals surface area (Å²) in [5.41, 5.74) is 3.37. The number of nitrogens with zero attached hydrogens (tertiary/aromatic N) is 3. The van der Waals surface area contributed by atoms with Crippen molar-refractivity contribution in [1.82, 2.24) is 19.8 Å². The minimum Gasteiger partial charge on any atom is -0.346 e. The molecule has 1 N–H and O–H groups in total. The summed E-state index contributed by atoms with van der Waals surface area (Å²) in [6, 6.07) is 4.04. The standard InChI is InChI=1S/C22H26N4O2/c27-21(16-5-6-16)26-10-2-3-17(14-26)22(28)25-11-7-15(8-12-25)19-13-24-20-18(19)4-1-9-23-20/h1,4,7,9,13,16-17H,2-3,5-6,8,10-12,14H2,(H,23,24)/t17-/m0/s1. The fourth-order valence-corrected chi connectivity index (χ4v) is 4.56. The Balaban J connectivity index is 1.25. The van der Waals surface area contributed by atoms with E-state index in [0.717, 1.165) is 56.2 Å². The number of nitrogens with one attached hydrogen (secondary N) is 1. The van der Waals surface area contributed by atoms with Gasteiger partial charge < -0.3 is 14.8 Å². The summed E-state index contributed by atoms with van der Waals surface area (Å²) in [6.07, 6.45) is 10.7. The number of carbonyl (C=O) groups excluding carboxylic acids is 2. The molecular formula is C22H26N4O2. The molecule has 2 fully saturated rings. The minimum absolute atomic E-state index is 0.0383. The van der Waals surface area contributed by atoms with Crippen molar-refractivity contribution in [3.8, 4) is 0 Å². The highest BCUT2D eigenvalue weighted by Crippen LogP contribution is 2.33. The third kappa shape index (κ3) is 3.21. The van der Waals surface area contributed by atoms with Crippen molar-refractivity contribution in [3.63, 3.8) is 0 Å². The molecule has 4 heterocycles. The van der Waals surface area contributed by atoms with Gasteiger partial charge in [-0.25, -0.2) is 4.98 Å². The predicted octanol–water partition coefficient (Wildman–Crippen LogP) is 2.83. The van der Waals surface area contributed by atoms with Gasteiger partial charge in [0.25, 0.3) is 0 Å². The van der Waals surface area contributed by atoms with Gasteiger partial charge >= 0.3 is 0 Å². The fourth-order valence-electron chi connectivity index (χ4n) is 4.56. The molecule has 3 aliphatic rings. The van der Waals surface area contributed by atoms with Gasteiger partial charge in [0.2, 0.25) is 11.8 Å². The lowest BCUT2D eigenvalue weighted by Gasteiger charge is -2.36. The van der Waals surface area contributed by atoms with E-state index >= 15 is 0 Å². The molecule has 0 spiro atoms. The van der Waals surface area contributed by atoms with Crippen LogP contribution in [0.5, 0.6) is 0 Å². The van der Waals surface area contributed by atoms with E-state index in [4.69, 9.17) is 0 Å². The number of hydrogen-bond acceptors (Lipinski definition) is 3. The number of likely N-dealkylation sites (tertiary alicyclic amines) is 1. The Morgan fingerprint density at radius 3 is 2.71 bits per heavy atom. The molecule has 0 bridgehead atoms. The molecule has 1 atom stereocenters. The van der Waals surface area contributed by atoms with Crippen molar-refractivity contribution < 1.29 is 9.59 Å². The first-order valence-corrected chi connectivity index (χ1v) is 10.4. The molecule has 1 saturated heterocycles. The van der Waals surface area contributed by atoms with Crippen molar-refractivity contribution in [2.75, 3.05) is 26.2 Å². The maximum absolute atomic E-state index is 13.1. The number of amides is 2. The van der Waals surface area contributed by atoms with Gasteiger partial charge in [-0.15, -0.1) is 0 Å². The van der Waals surface area contributed by atoms with E-state index in [2.05, 4.69) is 22.1 Å². The van der Waals surface area contributed by atoms with Crippen LogP contribution in [0, 0.1) is 11.8 Å². The van der Waals surface area contributed by atoms with Gasteiger partial charge in [-0.05, 0) is 49.8 Å². The first kappa shape index (κ1) is 17.5. The highest BCUT2D eigenvalue weighted by atomic mass is 16.2. The van der Waals surface area contributed by atoms with E-state index in [9.17, 15) is 9.59 Å². The summed E-state index contributed by atoms with van der Waals surface area (Å²) < 4.78 is 0. The molecule has 2 aliphatic heterocycles. The molecule has 28 heavy (non-hydrogen) atoms. The van der Waals surface area contributed by atoms with Crippen LogP contribution in [0.1, 0.15) is 37.7 Å². The molecule has 0 radical (unpaired) electrons. The first-order chi connectivity index (χ1) is 13.7. The number of rotatable bonds is 3. The first-order valence-electron chi connectivity index (χ1n) is 10.4. The quantitative estimate of drug-likeness (QED) is 0.893. The van der Waals surface area contributed by atoms with Crippen LogP contribution in [-0.2, 0) is 9.59 Å². The van der Waals surface area contributed by atoms with Crippen LogP contribution in [0.4, 0.5) is 0 Å². The van der Waals surface area contributed by atoms with Gasteiger partial charge in [0, 0.05) is 55.4 Å². The second-order valence-corrected chi connectivity index (χ2v) is 8.26. The summed E-state index contributed by atoms with van der Waals surface area (Å²) in [4.78, 5) is 36.9. The van der Waals surface area contributed by atoms with Crippen molar-refractivity contribution in [2.45, 2.75) is 32.1 Å². The Kier molecular flexibility index (Phi) is 4.41. The van der Waals surface area contributed by atoms with Gasteiger partial charge in [-0.2, -0.15) is 0 Å². The molecule has 6 heteroatoms. The third-order valence-electron chi connectivity index (χ3n) is 6.33. The van der Waals surface area contributed by atoms with Crippen LogP contribution in [0.2, 0.25) is 0 Å². The molecule has 0 aromatic carbocycles. The zero-order valence-corrected chi connectivity index (χ0v) is 16.1. The van der Waals surface area contributed by atoms with Gasteiger partial charge in [0.1, 0.15) is 5.65 Å². The number of fused-ring (bicyclic) bond motifs is 1. The molecule has 146 valence electrons. The summed E-state index contributed by atoms with van der Waals surface area (Å²) >= 11 is 0. The highest BCUT2D eigenvalue weighted by molar-refractivity contribution is 5.91. The number of hydrogen-bond donors (Lipinski definition) is 1. The molecule has 2 aromatic rings. The van der Waals surface area contributed by atoms with Gasteiger partial charge in [-0.1, -0.05) is 6.08 Å². The molecule has 5 rings (SSSR count). The van der Waals surface area contributed by atoms with E-state index in [-0.39, 0.29) is 23.7 Å². The maximum atomic E-state index is 13.1. The van der Waals surface area contributed by atoms with Crippen molar-refractivity contribution in [2.24, 2.45) is 11.8 Å². The van der Waals surface area contributed by atoms with Crippen LogP contribution in [0.15, 0.2) is 30.6 Å². The third-order valence-corrected chi connectivity index (χ3v) is 6.33. The Hall–Kier alpha value is -2.63. The number of aromatic nitrogens is 2. The monoisotopic (exact) mass is 378 g/mol. The van der Waals surface area contributed by atoms with Crippen LogP contribution in [0.25, 0.3) is 16.6 Å². The Morgan fingerprint density at radius 1 is 1.07 bits per heavy atom. The summed E-state index contributed by atoms with van der Waals surface area (Å²) in [7, 11) is 0. The number of H-pyrrole nitrogens is 1. The van der Waals surface area contributed by atoms with E-state index in [1.807, 2.05) is 22.1 Å². The van der Waals surface area contributed by atoms with Crippen molar-refractivity contribution >= 4 is 28.4 Å². The molecular weight excluding hydrogens is 352 g/mol. The average Bonchev–Trinajstić information content (AvgIpc) is 3.52. The molecule has 2 amide bonds. The largest absolute Gasteiger partial charge is 0.346 e.